The van der Waals surface area contributed by atoms with Crippen molar-refractivity contribution in [3.05, 3.63) is 0 Å². The van der Waals surface area contributed by atoms with Gasteiger partial charge in [-0.15, -0.1) is 0 Å². The standard InChI is InChI=1S/C22H36N2O6/c1-6-9-10-23-18(26)17-22-11-13(4)21(5,30-22)16(20(28)29-8-3)15(22)19(27)24(17)14(7-2)12-25/h13-17,25H,6-12H2,1-5H3,(H,23,26)/t13?,14-,15-,16+,17?,21-,22?/m0/s1. The second-order valence-corrected chi connectivity index (χ2v) is 9.09. The maximum absolute atomic E-state index is 13.7. The first-order chi connectivity index (χ1) is 14.2. The highest BCUT2D eigenvalue weighted by molar-refractivity contribution is 5.98. The van der Waals surface area contributed by atoms with Crippen LogP contribution in [0.1, 0.15) is 60.3 Å². The quantitative estimate of drug-likeness (QED) is 0.426. The van der Waals surface area contributed by atoms with Crippen LogP contribution in [0.15, 0.2) is 0 Å². The Morgan fingerprint density at radius 1 is 1.37 bits per heavy atom. The summed E-state index contributed by atoms with van der Waals surface area (Å²) < 4.78 is 11.9. The first-order valence-electron chi connectivity index (χ1n) is 11.3. The van der Waals surface area contributed by atoms with E-state index in [1.54, 1.807) is 6.92 Å². The Bertz CT molecular complexity index is 695. The van der Waals surface area contributed by atoms with Gasteiger partial charge in [0.15, 0.2) is 0 Å². The number of ether oxygens (including phenoxy) is 2. The Kier molecular flexibility index (Phi) is 6.49. The van der Waals surface area contributed by atoms with Crippen LogP contribution in [-0.2, 0) is 23.9 Å². The van der Waals surface area contributed by atoms with Crippen LogP contribution in [0.2, 0.25) is 0 Å². The lowest BCUT2D eigenvalue weighted by Gasteiger charge is -2.36. The molecule has 1 spiro atoms. The van der Waals surface area contributed by atoms with E-state index in [4.69, 9.17) is 9.47 Å². The van der Waals surface area contributed by atoms with Crippen LogP contribution in [-0.4, -0.2) is 70.8 Å². The lowest BCUT2D eigenvalue weighted by Crippen LogP contribution is -2.58. The lowest BCUT2D eigenvalue weighted by molar-refractivity contribution is -0.162. The van der Waals surface area contributed by atoms with E-state index < -0.39 is 41.1 Å². The van der Waals surface area contributed by atoms with Gasteiger partial charge in [0.25, 0.3) is 0 Å². The summed E-state index contributed by atoms with van der Waals surface area (Å²) in [7, 11) is 0. The number of aliphatic hydroxyl groups is 1. The molecule has 0 aromatic rings. The van der Waals surface area contributed by atoms with Gasteiger partial charge in [0, 0.05) is 6.54 Å². The van der Waals surface area contributed by atoms with Gasteiger partial charge in [0.2, 0.25) is 11.8 Å². The monoisotopic (exact) mass is 424 g/mol. The van der Waals surface area contributed by atoms with Crippen molar-refractivity contribution in [1.29, 1.82) is 0 Å². The van der Waals surface area contributed by atoms with Gasteiger partial charge in [-0.05, 0) is 39.0 Å². The molecule has 2 N–H and O–H groups in total. The van der Waals surface area contributed by atoms with E-state index in [2.05, 4.69) is 5.32 Å². The molecule has 3 heterocycles. The number of nitrogens with zero attached hydrogens (tertiary/aromatic N) is 1. The normalized spacial score (nSPS) is 37.9. The second kappa shape index (κ2) is 8.46. The fraction of sp³-hybridized carbons (Fsp3) is 0.864. The van der Waals surface area contributed by atoms with Gasteiger partial charge in [-0.3, -0.25) is 14.4 Å². The number of carbonyl (C=O) groups is 3. The Hall–Kier alpha value is -1.67. The molecular formula is C22H36N2O6. The van der Waals surface area contributed by atoms with Crippen LogP contribution in [0, 0.1) is 17.8 Å². The zero-order valence-electron chi connectivity index (χ0n) is 18.8. The number of fused-ring (bicyclic) bond motifs is 1. The van der Waals surface area contributed by atoms with Gasteiger partial charge in [0.05, 0.1) is 30.8 Å². The summed E-state index contributed by atoms with van der Waals surface area (Å²) in [5, 5.41) is 12.9. The van der Waals surface area contributed by atoms with E-state index in [-0.39, 0.29) is 30.9 Å². The van der Waals surface area contributed by atoms with Gasteiger partial charge < -0.3 is 24.8 Å². The third kappa shape index (κ3) is 3.14. The number of hydrogen-bond acceptors (Lipinski definition) is 6. The summed E-state index contributed by atoms with van der Waals surface area (Å²) in [4.78, 5) is 41.5. The molecule has 2 amide bonds. The molecule has 7 atom stereocenters. The number of unbranched alkanes of at least 4 members (excludes halogenated alkanes) is 1. The van der Waals surface area contributed by atoms with Crippen LogP contribution in [0.4, 0.5) is 0 Å². The zero-order valence-corrected chi connectivity index (χ0v) is 18.8. The number of carbonyl (C=O) groups excluding carboxylic acids is 3. The van der Waals surface area contributed by atoms with E-state index in [1.165, 1.54) is 4.90 Å². The molecule has 3 saturated heterocycles. The molecule has 3 aliphatic heterocycles. The van der Waals surface area contributed by atoms with Gasteiger partial charge in [-0.2, -0.15) is 0 Å². The number of hydrogen-bond donors (Lipinski definition) is 2. The molecule has 8 nitrogen and oxygen atoms in total. The predicted molar refractivity (Wildman–Crippen MR) is 109 cm³/mol. The van der Waals surface area contributed by atoms with Crippen molar-refractivity contribution < 1.29 is 29.0 Å². The minimum atomic E-state index is -1.08. The molecule has 3 rings (SSSR count). The second-order valence-electron chi connectivity index (χ2n) is 9.09. The van der Waals surface area contributed by atoms with Crippen LogP contribution >= 0.6 is 0 Å². The topological polar surface area (TPSA) is 105 Å². The highest BCUT2D eigenvalue weighted by atomic mass is 16.6. The van der Waals surface area contributed by atoms with Gasteiger partial charge >= 0.3 is 5.97 Å². The molecule has 0 saturated carbocycles. The average molecular weight is 425 g/mol. The number of amides is 2. The first kappa shape index (κ1) is 23.0. The van der Waals surface area contributed by atoms with Crippen molar-refractivity contribution in [3.8, 4) is 0 Å². The fourth-order valence-corrected chi connectivity index (χ4v) is 5.86. The average Bonchev–Trinajstić information content (AvgIpc) is 3.21. The molecule has 0 aromatic carbocycles. The van der Waals surface area contributed by atoms with E-state index in [9.17, 15) is 19.5 Å². The summed E-state index contributed by atoms with van der Waals surface area (Å²) in [5.41, 5.74) is -1.94. The number of aliphatic hydroxyl groups excluding tert-OH is 1. The van der Waals surface area contributed by atoms with Crippen LogP contribution in [0.5, 0.6) is 0 Å². The first-order valence-corrected chi connectivity index (χ1v) is 11.3. The molecular weight excluding hydrogens is 388 g/mol. The number of nitrogens with one attached hydrogen (secondary N) is 1. The molecule has 30 heavy (non-hydrogen) atoms. The van der Waals surface area contributed by atoms with Crippen molar-refractivity contribution in [3.63, 3.8) is 0 Å². The van der Waals surface area contributed by atoms with Gasteiger partial charge in [-0.25, -0.2) is 0 Å². The predicted octanol–water partition coefficient (Wildman–Crippen LogP) is 1.25. The maximum atomic E-state index is 13.7. The van der Waals surface area contributed by atoms with Crippen molar-refractivity contribution in [2.45, 2.75) is 83.6 Å². The van der Waals surface area contributed by atoms with Crippen molar-refractivity contribution in [2.24, 2.45) is 17.8 Å². The summed E-state index contributed by atoms with van der Waals surface area (Å²) >= 11 is 0. The molecule has 0 aromatic heterocycles. The highest BCUT2D eigenvalue weighted by Crippen LogP contribution is 2.65. The fourth-order valence-electron chi connectivity index (χ4n) is 5.86. The van der Waals surface area contributed by atoms with E-state index in [0.717, 1.165) is 12.8 Å². The Labute approximate surface area is 178 Å². The lowest BCUT2D eigenvalue weighted by atomic mass is 9.62. The van der Waals surface area contributed by atoms with Crippen molar-refractivity contribution in [1.82, 2.24) is 10.2 Å². The Balaban J connectivity index is 2.07. The number of esters is 1. The van der Waals surface area contributed by atoms with E-state index in [1.807, 2.05) is 27.7 Å². The third-order valence-corrected chi connectivity index (χ3v) is 7.45. The van der Waals surface area contributed by atoms with Crippen molar-refractivity contribution >= 4 is 17.8 Å². The smallest absolute Gasteiger partial charge is 0.312 e. The molecule has 0 radical (unpaired) electrons. The third-order valence-electron chi connectivity index (χ3n) is 7.45. The summed E-state index contributed by atoms with van der Waals surface area (Å²) in [5.74, 6) is -2.57. The largest absolute Gasteiger partial charge is 0.466 e. The number of likely N-dealkylation sites (tertiary alicyclic amines) is 1. The summed E-state index contributed by atoms with van der Waals surface area (Å²) in [6.07, 6.45) is 2.79. The molecule has 3 aliphatic rings. The van der Waals surface area contributed by atoms with E-state index >= 15 is 0 Å². The summed E-state index contributed by atoms with van der Waals surface area (Å²) in [6, 6.07) is -1.37. The molecule has 2 bridgehead atoms. The summed E-state index contributed by atoms with van der Waals surface area (Å²) in [6.45, 7) is 9.99. The zero-order chi connectivity index (χ0) is 22.3. The van der Waals surface area contributed by atoms with E-state index in [0.29, 0.717) is 19.4 Å². The van der Waals surface area contributed by atoms with Crippen LogP contribution < -0.4 is 5.32 Å². The molecule has 170 valence electrons. The van der Waals surface area contributed by atoms with Crippen LogP contribution in [0.25, 0.3) is 0 Å². The highest BCUT2D eigenvalue weighted by Gasteiger charge is 2.80. The minimum Gasteiger partial charge on any atom is -0.466 e. The Morgan fingerprint density at radius 2 is 2.07 bits per heavy atom. The number of rotatable bonds is 9. The Morgan fingerprint density at radius 3 is 2.63 bits per heavy atom. The minimum absolute atomic E-state index is 0.0175. The SMILES string of the molecule is CCCCNC(=O)C1N([C@@H](CC)CO)C(=O)[C@@H]2[C@H](C(=O)OCC)[C@@]3(C)OC12CC3C. The molecule has 3 fully saturated rings. The maximum Gasteiger partial charge on any atom is 0.312 e. The molecule has 3 unspecified atom stereocenters. The molecule has 0 aliphatic carbocycles. The van der Waals surface area contributed by atoms with Gasteiger partial charge in [0.1, 0.15) is 17.6 Å². The van der Waals surface area contributed by atoms with Crippen molar-refractivity contribution in [2.75, 3.05) is 19.8 Å². The van der Waals surface area contributed by atoms with Crippen LogP contribution in [0.3, 0.4) is 0 Å². The van der Waals surface area contributed by atoms with Gasteiger partial charge in [-0.1, -0.05) is 27.2 Å². The molecule has 8 heteroatoms.